The molecule has 6 heteroatoms. The fourth-order valence-corrected chi connectivity index (χ4v) is 4.18. The van der Waals surface area contributed by atoms with E-state index in [2.05, 4.69) is 22.0 Å². The van der Waals surface area contributed by atoms with Gasteiger partial charge in [-0.3, -0.25) is 14.7 Å². The number of hydrogen-bond donors (Lipinski definition) is 0. The number of aromatic nitrogens is 1. The molecule has 3 saturated heterocycles. The van der Waals surface area contributed by atoms with E-state index in [-0.39, 0.29) is 17.9 Å². The van der Waals surface area contributed by atoms with Gasteiger partial charge in [0.05, 0.1) is 25.2 Å². The van der Waals surface area contributed by atoms with Crippen molar-refractivity contribution >= 4 is 5.91 Å². The third kappa shape index (κ3) is 3.31. The van der Waals surface area contributed by atoms with Crippen LogP contribution in [0.5, 0.6) is 0 Å². The number of ether oxygens (including phenoxy) is 2. The molecule has 0 aliphatic carbocycles. The molecular weight excluding hydrogens is 306 g/mol. The summed E-state index contributed by atoms with van der Waals surface area (Å²) < 4.78 is 11.3. The number of nitrogens with zero attached hydrogens (tertiary/aromatic N) is 3. The number of pyridine rings is 1. The van der Waals surface area contributed by atoms with Crippen molar-refractivity contribution in [2.75, 3.05) is 39.5 Å². The van der Waals surface area contributed by atoms with E-state index in [1.807, 2.05) is 17.3 Å². The maximum absolute atomic E-state index is 12.9. The van der Waals surface area contributed by atoms with Gasteiger partial charge in [0.1, 0.15) is 0 Å². The van der Waals surface area contributed by atoms with Crippen LogP contribution in [0.2, 0.25) is 0 Å². The van der Waals surface area contributed by atoms with Crippen LogP contribution in [0.25, 0.3) is 0 Å². The summed E-state index contributed by atoms with van der Waals surface area (Å²) in [5.41, 5.74) is 1.25. The maximum atomic E-state index is 12.9. The summed E-state index contributed by atoms with van der Waals surface area (Å²) in [6.07, 6.45) is 5.77. The van der Waals surface area contributed by atoms with E-state index in [9.17, 15) is 4.79 Å². The lowest BCUT2D eigenvalue weighted by Crippen LogP contribution is -2.54. The number of piperidine rings is 1. The topological polar surface area (TPSA) is 54.9 Å². The molecule has 24 heavy (non-hydrogen) atoms. The predicted molar refractivity (Wildman–Crippen MR) is 88.3 cm³/mol. The number of carbonyl (C=O) groups is 1. The Balaban J connectivity index is 1.47. The molecule has 0 N–H and O–H groups in total. The van der Waals surface area contributed by atoms with E-state index in [4.69, 9.17) is 9.47 Å². The second-order valence-electron chi connectivity index (χ2n) is 6.92. The minimum absolute atomic E-state index is 0.0317. The summed E-state index contributed by atoms with van der Waals surface area (Å²) in [7, 11) is 0. The molecule has 0 aromatic carbocycles. The Bertz CT molecular complexity index is 562. The second kappa shape index (κ2) is 7.17. The van der Waals surface area contributed by atoms with Crippen molar-refractivity contribution in [3.05, 3.63) is 30.1 Å². The molecule has 0 spiro atoms. The summed E-state index contributed by atoms with van der Waals surface area (Å²) in [5, 5.41) is 0. The van der Waals surface area contributed by atoms with Crippen LogP contribution in [-0.4, -0.2) is 72.3 Å². The Labute approximate surface area is 142 Å². The van der Waals surface area contributed by atoms with Crippen LogP contribution in [0.1, 0.15) is 18.4 Å². The molecule has 3 aliphatic rings. The fourth-order valence-electron chi connectivity index (χ4n) is 4.18. The van der Waals surface area contributed by atoms with Crippen molar-refractivity contribution in [2.45, 2.75) is 31.5 Å². The van der Waals surface area contributed by atoms with Gasteiger partial charge >= 0.3 is 0 Å². The molecule has 0 saturated carbocycles. The number of amides is 1. The van der Waals surface area contributed by atoms with Crippen molar-refractivity contribution in [3.8, 4) is 0 Å². The van der Waals surface area contributed by atoms with Gasteiger partial charge in [0.2, 0.25) is 5.91 Å². The molecule has 1 amide bonds. The zero-order chi connectivity index (χ0) is 16.4. The molecule has 3 atom stereocenters. The maximum Gasteiger partial charge on any atom is 0.227 e. The molecule has 4 rings (SSSR count). The summed E-state index contributed by atoms with van der Waals surface area (Å²) in [6, 6.07) is 4.54. The minimum atomic E-state index is 0.0317. The van der Waals surface area contributed by atoms with Gasteiger partial charge in [0, 0.05) is 51.2 Å². The molecule has 6 nitrogen and oxygen atoms in total. The number of carbonyl (C=O) groups excluding carboxylic acids is 1. The number of likely N-dealkylation sites (tertiary alicyclic amines) is 1. The Morgan fingerprint density at radius 2 is 2.00 bits per heavy atom. The van der Waals surface area contributed by atoms with E-state index in [1.54, 1.807) is 0 Å². The first-order valence-electron chi connectivity index (χ1n) is 8.92. The van der Waals surface area contributed by atoms with Gasteiger partial charge in [-0.2, -0.15) is 0 Å². The van der Waals surface area contributed by atoms with Gasteiger partial charge in [-0.15, -0.1) is 0 Å². The van der Waals surface area contributed by atoms with Crippen molar-refractivity contribution < 1.29 is 14.3 Å². The normalized spacial score (nSPS) is 31.0. The van der Waals surface area contributed by atoms with Crippen molar-refractivity contribution in [3.63, 3.8) is 0 Å². The van der Waals surface area contributed by atoms with E-state index in [0.29, 0.717) is 32.3 Å². The molecule has 0 unspecified atom stereocenters. The lowest BCUT2D eigenvalue weighted by atomic mass is 9.88. The monoisotopic (exact) mass is 331 g/mol. The Hall–Kier alpha value is -1.50. The summed E-state index contributed by atoms with van der Waals surface area (Å²) in [4.78, 5) is 21.4. The van der Waals surface area contributed by atoms with Crippen molar-refractivity contribution in [2.24, 2.45) is 5.92 Å². The number of hydrogen-bond acceptors (Lipinski definition) is 5. The van der Waals surface area contributed by atoms with Gasteiger partial charge in [-0.1, -0.05) is 0 Å². The largest absolute Gasteiger partial charge is 0.378 e. The lowest BCUT2D eigenvalue weighted by Gasteiger charge is -2.42. The summed E-state index contributed by atoms with van der Waals surface area (Å²) >= 11 is 0. The highest BCUT2D eigenvalue weighted by molar-refractivity contribution is 5.79. The molecule has 4 heterocycles. The van der Waals surface area contributed by atoms with Crippen LogP contribution < -0.4 is 0 Å². The van der Waals surface area contributed by atoms with Gasteiger partial charge < -0.3 is 14.4 Å². The average molecular weight is 331 g/mol. The van der Waals surface area contributed by atoms with Crippen LogP contribution in [0.3, 0.4) is 0 Å². The van der Waals surface area contributed by atoms with Gasteiger partial charge in [0.25, 0.3) is 0 Å². The minimum Gasteiger partial charge on any atom is -0.378 e. The zero-order valence-electron chi connectivity index (χ0n) is 14.0. The lowest BCUT2D eigenvalue weighted by molar-refractivity contribution is -0.144. The third-order valence-corrected chi connectivity index (χ3v) is 5.42. The highest BCUT2D eigenvalue weighted by Crippen LogP contribution is 2.33. The molecular formula is C18H25N3O3. The third-order valence-electron chi connectivity index (χ3n) is 5.42. The van der Waals surface area contributed by atoms with Crippen LogP contribution in [-0.2, 0) is 20.8 Å². The van der Waals surface area contributed by atoms with E-state index in [0.717, 1.165) is 32.5 Å². The van der Waals surface area contributed by atoms with E-state index < -0.39 is 0 Å². The fraction of sp³-hybridized carbons (Fsp3) is 0.667. The smallest absolute Gasteiger partial charge is 0.227 e. The molecule has 130 valence electrons. The Morgan fingerprint density at radius 1 is 1.21 bits per heavy atom. The zero-order valence-corrected chi connectivity index (χ0v) is 14.0. The quantitative estimate of drug-likeness (QED) is 0.824. The molecule has 1 aromatic rings. The second-order valence-corrected chi connectivity index (χ2v) is 6.92. The number of fused-ring (bicyclic) bond motifs is 1. The van der Waals surface area contributed by atoms with Crippen LogP contribution in [0.15, 0.2) is 24.5 Å². The van der Waals surface area contributed by atoms with Crippen LogP contribution >= 0.6 is 0 Å². The molecule has 0 radical (unpaired) electrons. The van der Waals surface area contributed by atoms with Crippen LogP contribution in [0, 0.1) is 5.92 Å². The van der Waals surface area contributed by atoms with Crippen molar-refractivity contribution in [1.29, 1.82) is 0 Å². The Kier molecular flexibility index (Phi) is 4.78. The molecule has 3 aliphatic heterocycles. The van der Waals surface area contributed by atoms with Gasteiger partial charge in [-0.25, -0.2) is 0 Å². The van der Waals surface area contributed by atoms with E-state index in [1.165, 1.54) is 5.56 Å². The van der Waals surface area contributed by atoms with Gasteiger partial charge in [0.15, 0.2) is 0 Å². The number of rotatable bonds is 3. The Morgan fingerprint density at radius 3 is 2.79 bits per heavy atom. The molecule has 1 aromatic heterocycles. The highest BCUT2D eigenvalue weighted by atomic mass is 16.5. The highest BCUT2D eigenvalue weighted by Gasteiger charge is 2.43. The first-order valence-corrected chi connectivity index (χ1v) is 8.92. The standard InChI is InChI=1S/C18H25N3O3/c22-18(20-6-9-23-10-7-20)15-11-17-16(3-8-24-17)21(13-15)12-14-1-4-19-5-2-14/h1-2,4-5,15-17H,3,6-13H2/t15-,16+,17+/m0/s1. The SMILES string of the molecule is O=C([C@H]1C[C@H]2OCC[C@H]2N(Cc2ccncc2)C1)N1CCOCC1. The molecule has 3 fully saturated rings. The summed E-state index contributed by atoms with van der Waals surface area (Å²) in [6.45, 7) is 5.23. The first kappa shape index (κ1) is 16.0. The summed E-state index contributed by atoms with van der Waals surface area (Å²) in [5.74, 6) is 0.302. The number of morpholine rings is 1. The van der Waals surface area contributed by atoms with Gasteiger partial charge in [-0.05, 0) is 30.5 Å². The van der Waals surface area contributed by atoms with Crippen molar-refractivity contribution in [1.82, 2.24) is 14.8 Å². The average Bonchev–Trinajstić information content (AvgIpc) is 3.11. The van der Waals surface area contributed by atoms with Crippen LogP contribution in [0.4, 0.5) is 0 Å². The van der Waals surface area contributed by atoms with E-state index >= 15 is 0 Å². The molecule has 0 bridgehead atoms. The predicted octanol–water partition coefficient (Wildman–Crippen LogP) is 0.920. The first-order chi connectivity index (χ1) is 11.8.